The molecule has 22 heavy (non-hydrogen) atoms. The Kier molecular flexibility index (Phi) is 5.77. The Morgan fingerprint density at radius 1 is 1.23 bits per heavy atom. The Balaban J connectivity index is 2.24. The van der Waals surface area contributed by atoms with E-state index in [0.717, 1.165) is 11.6 Å². The second kappa shape index (κ2) is 7.58. The molecule has 116 valence electrons. The molecule has 0 fully saturated rings. The summed E-state index contributed by atoms with van der Waals surface area (Å²) in [6.07, 6.45) is 0. The topological polar surface area (TPSA) is 38.3 Å². The Morgan fingerprint density at radius 3 is 2.68 bits per heavy atom. The predicted octanol–water partition coefficient (Wildman–Crippen LogP) is 4.92. The van der Waals surface area contributed by atoms with Crippen molar-refractivity contribution in [3.05, 3.63) is 63.4 Å². The van der Waals surface area contributed by atoms with Gasteiger partial charge < -0.3 is 10.1 Å². The van der Waals surface area contributed by atoms with Crippen LogP contribution in [0.3, 0.4) is 0 Å². The van der Waals surface area contributed by atoms with Crippen LogP contribution in [-0.4, -0.2) is 12.5 Å². The van der Waals surface area contributed by atoms with Gasteiger partial charge in [-0.2, -0.15) is 0 Å². The third kappa shape index (κ3) is 3.97. The van der Waals surface area contributed by atoms with Gasteiger partial charge in [0.15, 0.2) is 0 Å². The number of para-hydroxylation sites is 1. The highest BCUT2D eigenvalue weighted by atomic mass is 35.5. The zero-order chi connectivity index (χ0) is 16.1. The second-order valence-corrected chi connectivity index (χ2v) is 5.31. The molecule has 0 aromatic heterocycles. The molecule has 0 heterocycles. The van der Waals surface area contributed by atoms with E-state index in [4.69, 9.17) is 27.9 Å². The number of hydrogen-bond acceptors (Lipinski definition) is 2. The Morgan fingerprint density at radius 2 is 1.95 bits per heavy atom. The van der Waals surface area contributed by atoms with Crippen molar-refractivity contribution < 1.29 is 13.9 Å². The quantitative estimate of drug-likeness (QED) is 0.783. The highest BCUT2D eigenvalue weighted by Crippen LogP contribution is 2.26. The molecule has 0 spiro atoms. The van der Waals surface area contributed by atoms with Crippen LogP contribution in [0.15, 0.2) is 36.4 Å². The summed E-state index contributed by atoms with van der Waals surface area (Å²) in [5.74, 6) is -1.21. The summed E-state index contributed by atoms with van der Waals surface area (Å²) in [5.41, 5.74) is 1.44. The summed E-state index contributed by atoms with van der Waals surface area (Å²) >= 11 is 11.6. The molecule has 0 saturated carbocycles. The average Bonchev–Trinajstić information content (AvgIpc) is 2.50. The van der Waals surface area contributed by atoms with Crippen LogP contribution in [0.4, 0.5) is 10.1 Å². The molecule has 0 aliphatic carbocycles. The first-order valence-corrected chi connectivity index (χ1v) is 7.40. The van der Waals surface area contributed by atoms with Crippen LogP contribution in [-0.2, 0) is 11.3 Å². The number of halogens is 3. The molecule has 2 rings (SSSR count). The number of ether oxygens (including phenoxy) is 1. The third-order valence-corrected chi connectivity index (χ3v) is 3.58. The van der Waals surface area contributed by atoms with Gasteiger partial charge in [-0.1, -0.05) is 41.4 Å². The first-order valence-electron chi connectivity index (χ1n) is 6.64. The number of benzene rings is 2. The first kappa shape index (κ1) is 16.7. The summed E-state index contributed by atoms with van der Waals surface area (Å²) < 4.78 is 18.9. The number of carbonyl (C=O) groups excluding carboxylic acids is 1. The van der Waals surface area contributed by atoms with Crippen LogP contribution < -0.4 is 5.32 Å². The van der Waals surface area contributed by atoms with E-state index in [0.29, 0.717) is 18.9 Å². The van der Waals surface area contributed by atoms with Gasteiger partial charge in [-0.3, -0.25) is 4.79 Å². The molecule has 0 atom stereocenters. The number of hydrogen-bond donors (Lipinski definition) is 1. The predicted molar refractivity (Wildman–Crippen MR) is 86.1 cm³/mol. The minimum Gasteiger partial charge on any atom is -0.377 e. The van der Waals surface area contributed by atoms with Gasteiger partial charge in [-0.05, 0) is 25.1 Å². The minimum atomic E-state index is -0.696. The van der Waals surface area contributed by atoms with E-state index >= 15 is 0 Å². The standard InChI is InChI=1S/C16H14Cl2FNO2/c1-2-22-9-10-5-3-4-6-15(10)20-16(21)11-7-14(19)13(18)8-12(11)17/h3-8H,2,9H2,1H3,(H,20,21). The van der Waals surface area contributed by atoms with Gasteiger partial charge in [0.2, 0.25) is 0 Å². The highest BCUT2D eigenvalue weighted by molar-refractivity contribution is 6.37. The SMILES string of the molecule is CCOCc1ccccc1NC(=O)c1cc(F)c(Cl)cc1Cl. The fourth-order valence-corrected chi connectivity index (χ4v) is 2.34. The average molecular weight is 342 g/mol. The molecule has 3 nitrogen and oxygen atoms in total. The monoisotopic (exact) mass is 341 g/mol. The molecule has 0 aliphatic rings. The van der Waals surface area contributed by atoms with Crippen LogP contribution in [0, 0.1) is 5.82 Å². The summed E-state index contributed by atoms with van der Waals surface area (Å²) in [6, 6.07) is 9.44. The van der Waals surface area contributed by atoms with Gasteiger partial charge >= 0.3 is 0 Å². The van der Waals surface area contributed by atoms with E-state index < -0.39 is 11.7 Å². The van der Waals surface area contributed by atoms with Gasteiger partial charge in [0, 0.05) is 17.9 Å². The van der Waals surface area contributed by atoms with Gasteiger partial charge in [0.05, 0.1) is 22.2 Å². The number of anilines is 1. The lowest BCUT2D eigenvalue weighted by atomic mass is 10.1. The van der Waals surface area contributed by atoms with Crippen molar-refractivity contribution in [3.8, 4) is 0 Å². The molecule has 2 aromatic rings. The van der Waals surface area contributed by atoms with E-state index in [-0.39, 0.29) is 15.6 Å². The first-order chi connectivity index (χ1) is 10.5. The van der Waals surface area contributed by atoms with Crippen LogP contribution in [0.2, 0.25) is 10.0 Å². The molecule has 0 aliphatic heterocycles. The van der Waals surface area contributed by atoms with Crippen molar-refractivity contribution in [2.75, 3.05) is 11.9 Å². The van der Waals surface area contributed by atoms with E-state index in [1.165, 1.54) is 6.07 Å². The second-order valence-electron chi connectivity index (χ2n) is 4.49. The maximum Gasteiger partial charge on any atom is 0.257 e. The molecule has 0 radical (unpaired) electrons. The molecule has 0 saturated heterocycles. The van der Waals surface area contributed by atoms with Gasteiger partial charge in [-0.25, -0.2) is 4.39 Å². The molecule has 1 amide bonds. The van der Waals surface area contributed by atoms with Crippen LogP contribution in [0.5, 0.6) is 0 Å². The molecule has 6 heteroatoms. The lowest BCUT2D eigenvalue weighted by molar-refractivity contribution is 0.102. The van der Waals surface area contributed by atoms with Crippen LogP contribution in [0.25, 0.3) is 0 Å². The lowest BCUT2D eigenvalue weighted by Gasteiger charge is -2.12. The van der Waals surface area contributed by atoms with Crippen molar-refractivity contribution in [1.29, 1.82) is 0 Å². The summed E-state index contributed by atoms with van der Waals surface area (Å²) in [4.78, 5) is 12.3. The molecular weight excluding hydrogens is 328 g/mol. The number of nitrogens with one attached hydrogen (secondary N) is 1. The van der Waals surface area contributed by atoms with Gasteiger partial charge in [0.1, 0.15) is 5.82 Å². The van der Waals surface area contributed by atoms with E-state index in [2.05, 4.69) is 5.32 Å². The maximum absolute atomic E-state index is 13.5. The normalized spacial score (nSPS) is 10.5. The summed E-state index contributed by atoms with van der Waals surface area (Å²) in [7, 11) is 0. The third-order valence-electron chi connectivity index (χ3n) is 2.98. The molecular formula is C16H14Cl2FNO2. The van der Waals surface area contributed by atoms with Crippen LogP contribution in [0.1, 0.15) is 22.8 Å². The molecule has 1 N–H and O–H groups in total. The van der Waals surface area contributed by atoms with E-state index in [9.17, 15) is 9.18 Å². The fourth-order valence-electron chi connectivity index (χ4n) is 1.87. The van der Waals surface area contributed by atoms with Gasteiger partial charge in [-0.15, -0.1) is 0 Å². The van der Waals surface area contributed by atoms with Gasteiger partial charge in [0.25, 0.3) is 5.91 Å². The zero-order valence-corrected chi connectivity index (χ0v) is 13.3. The molecule has 2 aromatic carbocycles. The van der Waals surface area contributed by atoms with Crippen LogP contribution >= 0.6 is 23.2 Å². The maximum atomic E-state index is 13.5. The minimum absolute atomic E-state index is 0.0229. The Hall–Kier alpha value is -1.62. The lowest BCUT2D eigenvalue weighted by Crippen LogP contribution is -2.14. The van der Waals surface area contributed by atoms with Crippen molar-refractivity contribution in [3.63, 3.8) is 0 Å². The fraction of sp³-hybridized carbons (Fsp3) is 0.188. The zero-order valence-electron chi connectivity index (χ0n) is 11.8. The number of amides is 1. The summed E-state index contributed by atoms with van der Waals surface area (Å²) in [6.45, 7) is 2.82. The van der Waals surface area contributed by atoms with Crippen molar-refractivity contribution in [1.82, 2.24) is 0 Å². The molecule has 0 unspecified atom stereocenters. The Labute approximate surface area is 138 Å². The highest BCUT2D eigenvalue weighted by Gasteiger charge is 2.15. The molecule has 0 bridgehead atoms. The number of carbonyl (C=O) groups is 1. The number of rotatable bonds is 5. The van der Waals surface area contributed by atoms with E-state index in [1.807, 2.05) is 19.1 Å². The van der Waals surface area contributed by atoms with Crippen molar-refractivity contribution >= 4 is 34.8 Å². The largest absolute Gasteiger partial charge is 0.377 e. The van der Waals surface area contributed by atoms with E-state index in [1.54, 1.807) is 12.1 Å². The van der Waals surface area contributed by atoms with Crippen molar-refractivity contribution in [2.24, 2.45) is 0 Å². The Bertz CT molecular complexity index is 692. The summed E-state index contributed by atoms with van der Waals surface area (Å²) in [5, 5.41) is 2.67. The smallest absolute Gasteiger partial charge is 0.257 e. The van der Waals surface area contributed by atoms with Crippen molar-refractivity contribution in [2.45, 2.75) is 13.5 Å².